The van der Waals surface area contributed by atoms with E-state index in [0.717, 1.165) is 6.54 Å². The molecule has 1 aromatic rings. The van der Waals surface area contributed by atoms with Crippen LogP contribution < -0.4 is 5.32 Å². The molecule has 1 aliphatic rings. The van der Waals surface area contributed by atoms with Crippen molar-refractivity contribution in [3.8, 4) is 0 Å². The number of benzene rings is 1. The molecule has 1 aromatic carbocycles. The lowest BCUT2D eigenvalue weighted by Crippen LogP contribution is -2.29. The van der Waals surface area contributed by atoms with E-state index in [9.17, 15) is 0 Å². The SMILES string of the molecule is C=CCOC(C)CNC1CCc2ccc(C)cc21. The molecule has 2 rings (SSSR count). The molecule has 18 heavy (non-hydrogen) atoms. The van der Waals surface area contributed by atoms with Crippen molar-refractivity contribution in [1.29, 1.82) is 0 Å². The monoisotopic (exact) mass is 245 g/mol. The van der Waals surface area contributed by atoms with Gasteiger partial charge in [0.1, 0.15) is 0 Å². The van der Waals surface area contributed by atoms with Crippen LogP contribution in [0.5, 0.6) is 0 Å². The van der Waals surface area contributed by atoms with Crippen LogP contribution in [0.1, 0.15) is 36.1 Å². The molecule has 2 atom stereocenters. The van der Waals surface area contributed by atoms with Crippen LogP contribution in [0.2, 0.25) is 0 Å². The van der Waals surface area contributed by atoms with Gasteiger partial charge in [-0.3, -0.25) is 0 Å². The zero-order valence-corrected chi connectivity index (χ0v) is 11.4. The standard InChI is InChI=1S/C16H23NO/c1-4-9-18-13(3)11-17-16-8-7-14-6-5-12(2)10-15(14)16/h4-6,10,13,16-17H,1,7-9,11H2,2-3H3. The van der Waals surface area contributed by atoms with Crippen molar-refractivity contribution in [2.75, 3.05) is 13.2 Å². The largest absolute Gasteiger partial charge is 0.373 e. The third kappa shape index (κ3) is 3.21. The van der Waals surface area contributed by atoms with E-state index < -0.39 is 0 Å². The summed E-state index contributed by atoms with van der Waals surface area (Å²) in [5, 5.41) is 3.61. The van der Waals surface area contributed by atoms with Crippen LogP contribution in [0.15, 0.2) is 30.9 Å². The van der Waals surface area contributed by atoms with Gasteiger partial charge in [-0.15, -0.1) is 6.58 Å². The Balaban J connectivity index is 1.89. The number of ether oxygens (including phenoxy) is 1. The molecular weight excluding hydrogens is 222 g/mol. The maximum Gasteiger partial charge on any atom is 0.0675 e. The van der Waals surface area contributed by atoms with Crippen LogP contribution in [0.25, 0.3) is 0 Å². The topological polar surface area (TPSA) is 21.3 Å². The minimum Gasteiger partial charge on any atom is -0.373 e. The first-order valence-electron chi connectivity index (χ1n) is 6.76. The van der Waals surface area contributed by atoms with Gasteiger partial charge in [-0.2, -0.15) is 0 Å². The highest BCUT2D eigenvalue weighted by Gasteiger charge is 2.22. The van der Waals surface area contributed by atoms with Gasteiger partial charge in [0.2, 0.25) is 0 Å². The fourth-order valence-electron chi connectivity index (χ4n) is 2.53. The summed E-state index contributed by atoms with van der Waals surface area (Å²) in [6.45, 7) is 9.45. The van der Waals surface area contributed by atoms with Gasteiger partial charge in [0.15, 0.2) is 0 Å². The summed E-state index contributed by atoms with van der Waals surface area (Å²) in [5.74, 6) is 0. The lowest BCUT2D eigenvalue weighted by Gasteiger charge is -2.18. The minimum atomic E-state index is 0.233. The molecular formula is C16H23NO. The number of aryl methyl sites for hydroxylation is 2. The third-order valence-electron chi connectivity index (χ3n) is 3.53. The molecule has 0 bridgehead atoms. The van der Waals surface area contributed by atoms with Gasteiger partial charge in [0, 0.05) is 12.6 Å². The Morgan fingerprint density at radius 3 is 3.17 bits per heavy atom. The summed E-state index contributed by atoms with van der Waals surface area (Å²) in [6, 6.07) is 7.28. The van der Waals surface area contributed by atoms with E-state index in [1.807, 2.05) is 0 Å². The Morgan fingerprint density at radius 2 is 2.39 bits per heavy atom. The number of rotatable bonds is 6. The first kappa shape index (κ1) is 13.3. The molecule has 0 amide bonds. The molecule has 98 valence electrons. The van der Waals surface area contributed by atoms with Crippen LogP contribution in [0, 0.1) is 6.92 Å². The normalized spacial score (nSPS) is 19.6. The first-order valence-corrected chi connectivity index (χ1v) is 6.76. The van der Waals surface area contributed by atoms with E-state index >= 15 is 0 Å². The molecule has 0 spiro atoms. The van der Waals surface area contributed by atoms with Crippen molar-refractivity contribution in [3.63, 3.8) is 0 Å². The second-order valence-electron chi connectivity index (χ2n) is 5.13. The Morgan fingerprint density at radius 1 is 1.56 bits per heavy atom. The van der Waals surface area contributed by atoms with Gasteiger partial charge >= 0.3 is 0 Å². The molecule has 0 radical (unpaired) electrons. The van der Waals surface area contributed by atoms with E-state index in [0.29, 0.717) is 12.6 Å². The highest BCUT2D eigenvalue weighted by molar-refractivity contribution is 5.37. The second-order valence-corrected chi connectivity index (χ2v) is 5.13. The molecule has 0 aliphatic heterocycles. The van der Waals surface area contributed by atoms with Crippen molar-refractivity contribution >= 4 is 0 Å². The average Bonchev–Trinajstić information content (AvgIpc) is 2.76. The molecule has 0 fully saturated rings. The molecule has 0 heterocycles. The van der Waals surface area contributed by atoms with E-state index in [4.69, 9.17) is 4.74 Å². The van der Waals surface area contributed by atoms with Crippen molar-refractivity contribution in [2.24, 2.45) is 0 Å². The van der Waals surface area contributed by atoms with E-state index in [1.165, 1.54) is 29.5 Å². The lowest BCUT2D eigenvalue weighted by molar-refractivity contribution is 0.0856. The third-order valence-corrected chi connectivity index (χ3v) is 3.53. The second kappa shape index (κ2) is 6.17. The first-order chi connectivity index (χ1) is 8.70. The lowest BCUT2D eigenvalue weighted by atomic mass is 10.1. The predicted molar refractivity (Wildman–Crippen MR) is 75.9 cm³/mol. The molecule has 2 heteroatoms. The van der Waals surface area contributed by atoms with E-state index in [1.54, 1.807) is 6.08 Å². The smallest absolute Gasteiger partial charge is 0.0675 e. The fraction of sp³-hybridized carbons (Fsp3) is 0.500. The number of fused-ring (bicyclic) bond motifs is 1. The van der Waals surface area contributed by atoms with Crippen molar-refractivity contribution in [2.45, 2.75) is 38.8 Å². The van der Waals surface area contributed by atoms with Crippen molar-refractivity contribution in [3.05, 3.63) is 47.5 Å². The van der Waals surface area contributed by atoms with Crippen LogP contribution in [-0.2, 0) is 11.2 Å². The van der Waals surface area contributed by atoms with Crippen LogP contribution >= 0.6 is 0 Å². The van der Waals surface area contributed by atoms with Gasteiger partial charge in [-0.1, -0.05) is 29.8 Å². The zero-order valence-electron chi connectivity index (χ0n) is 11.4. The summed E-state index contributed by atoms with van der Waals surface area (Å²) < 4.78 is 5.58. The zero-order chi connectivity index (χ0) is 13.0. The molecule has 2 nitrogen and oxygen atoms in total. The summed E-state index contributed by atoms with van der Waals surface area (Å²) >= 11 is 0. The van der Waals surface area contributed by atoms with Crippen molar-refractivity contribution < 1.29 is 4.74 Å². The average molecular weight is 245 g/mol. The quantitative estimate of drug-likeness (QED) is 0.777. The maximum absolute atomic E-state index is 5.58. The van der Waals surface area contributed by atoms with Crippen LogP contribution in [-0.4, -0.2) is 19.3 Å². The molecule has 0 aromatic heterocycles. The molecule has 0 saturated heterocycles. The molecule has 0 saturated carbocycles. The van der Waals surface area contributed by atoms with Crippen LogP contribution in [0.4, 0.5) is 0 Å². The van der Waals surface area contributed by atoms with E-state index in [-0.39, 0.29) is 6.10 Å². The number of hydrogen-bond donors (Lipinski definition) is 1. The summed E-state index contributed by atoms with van der Waals surface area (Å²) in [5.41, 5.74) is 4.32. The van der Waals surface area contributed by atoms with E-state index in [2.05, 4.69) is 43.9 Å². The molecule has 1 aliphatic carbocycles. The Kier molecular flexibility index (Phi) is 4.56. The molecule has 2 unspecified atom stereocenters. The van der Waals surface area contributed by atoms with Gasteiger partial charge < -0.3 is 10.1 Å². The number of nitrogens with one attached hydrogen (secondary N) is 1. The predicted octanol–water partition coefficient (Wildman–Crippen LogP) is 3.16. The summed E-state index contributed by atoms with van der Waals surface area (Å²) in [6.07, 6.45) is 4.42. The molecule has 1 N–H and O–H groups in total. The maximum atomic E-state index is 5.58. The summed E-state index contributed by atoms with van der Waals surface area (Å²) in [7, 11) is 0. The Labute approximate surface area is 110 Å². The minimum absolute atomic E-state index is 0.233. The van der Waals surface area contributed by atoms with Gasteiger partial charge in [-0.25, -0.2) is 0 Å². The highest BCUT2D eigenvalue weighted by Crippen LogP contribution is 2.31. The van der Waals surface area contributed by atoms with Gasteiger partial charge in [0.05, 0.1) is 12.7 Å². The highest BCUT2D eigenvalue weighted by atomic mass is 16.5. The van der Waals surface area contributed by atoms with Crippen molar-refractivity contribution in [1.82, 2.24) is 5.32 Å². The van der Waals surface area contributed by atoms with Gasteiger partial charge in [-0.05, 0) is 37.8 Å². The Hall–Kier alpha value is -1.12. The summed E-state index contributed by atoms with van der Waals surface area (Å²) in [4.78, 5) is 0. The van der Waals surface area contributed by atoms with Gasteiger partial charge in [0.25, 0.3) is 0 Å². The number of hydrogen-bond acceptors (Lipinski definition) is 2. The Bertz CT molecular complexity index is 414. The van der Waals surface area contributed by atoms with Crippen LogP contribution in [0.3, 0.4) is 0 Å². The fourth-order valence-corrected chi connectivity index (χ4v) is 2.53.